The first kappa shape index (κ1) is 12.4. The lowest BCUT2D eigenvalue weighted by atomic mass is 10.1. The van der Waals surface area contributed by atoms with Crippen LogP contribution in [0.15, 0.2) is 24.3 Å². The molecule has 0 saturated heterocycles. The molecule has 1 saturated carbocycles. The molecule has 96 valence electrons. The number of benzene rings is 1. The second kappa shape index (κ2) is 4.68. The molecule has 5 heteroatoms. The number of anilines is 1. The maximum atomic E-state index is 11.7. The van der Waals surface area contributed by atoms with Crippen LogP contribution in [-0.2, 0) is 11.2 Å². The highest BCUT2D eigenvalue weighted by molar-refractivity contribution is 5.90. The second-order valence-corrected chi connectivity index (χ2v) is 4.91. The quantitative estimate of drug-likeness (QED) is 0.762. The molecule has 2 amide bonds. The van der Waals surface area contributed by atoms with Crippen LogP contribution in [0.1, 0.15) is 25.3 Å². The Bertz CT molecular complexity index is 481. The van der Waals surface area contributed by atoms with Crippen molar-refractivity contribution in [3.63, 3.8) is 0 Å². The van der Waals surface area contributed by atoms with Crippen LogP contribution in [0.4, 0.5) is 10.5 Å². The van der Waals surface area contributed by atoms with Crippen molar-refractivity contribution in [1.82, 2.24) is 5.32 Å². The molecule has 1 aromatic rings. The Morgan fingerprint density at radius 2 is 2.11 bits per heavy atom. The summed E-state index contributed by atoms with van der Waals surface area (Å²) >= 11 is 0. The van der Waals surface area contributed by atoms with Gasteiger partial charge in [0.15, 0.2) is 0 Å². The summed E-state index contributed by atoms with van der Waals surface area (Å²) in [5, 5.41) is 14.3. The van der Waals surface area contributed by atoms with Gasteiger partial charge in [0, 0.05) is 11.2 Å². The molecule has 2 rings (SSSR count). The van der Waals surface area contributed by atoms with Crippen LogP contribution in [0.5, 0.6) is 0 Å². The molecule has 1 aromatic carbocycles. The second-order valence-electron chi connectivity index (χ2n) is 4.91. The van der Waals surface area contributed by atoms with Gasteiger partial charge in [-0.25, -0.2) is 4.79 Å². The fourth-order valence-electron chi connectivity index (χ4n) is 1.68. The zero-order valence-corrected chi connectivity index (χ0v) is 10.2. The molecule has 1 aliphatic rings. The minimum Gasteiger partial charge on any atom is -0.481 e. The summed E-state index contributed by atoms with van der Waals surface area (Å²) in [6.45, 7) is 1.99. The Kier molecular flexibility index (Phi) is 3.23. The maximum absolute atomic E-state index is 11.7. The lowest BCUT2D eigenvalue weighted by molar-refractivity contribution is -0.136. The topological polar surface area (TPSA) is 78.4 Å². The van der Waals surface area contributed by atoms with E-state index in [9.17, 15) is 9.59 Å². The molecule has 0 bridgehead atoms. The van der Waals surface area contributed by atoms with Gasteiger partial charge < -0.3 is 15.7 Å². The van der Waals surface area contributed by atoms with E-state index < -0.39 is 5.97 Å². The van der Waals surface area contributed by atoms with Crippen molar-refractivity contribution in [3.05, 3.63) is 29.8 Å². The summed E-state index contributed by atoms with van der Waals surface area (Å²) in [6, 6.07) is 6.61. The molecular weight excluding hydrogens is 232 g/mol. The number of carbonyl (C=O) groups is 2. The highest BCUT2D eigenvalue weighted by Gasteiger charge is 2.38. The largest absolute Gasteiger partial charge is 0.481 e. The van der Waals surface area contributed by atoms with Crippen LogP contribution in [0.25, 0.3) is 0 Å². The normalized spacial score (nSPS) is 15.8. The highest BCUT2D eigenvalue weighted by Crippen LogP contribution is 2.34. The van der Waals surface area contributed by atoms with Crippen molar-refractivity contribution in [3.8, 4) is 0 Å². The van der Waals surface area contributed by atoms with Gasteiger partial charge >= 0.3 is 12.0 Å². The number of urea groups is 1. The average molecular weight is 248 g/mol. The van der Waals surface area contributed by atoms with Gasteiger partial charge in [-0.1, -0.05) is 12.1 Å². The number of hydrogen-bond donors (Lipinski definition) is 3. The average Bonchev–Trinajstić information content (AvgIpc) is 2.94. The SMILES string of the molecule is CC1(NC(=O)Nc2cccc(CC(=O)O)c2)CC1. The van der Waals surface area contributed by atoms with E-state index in [1.54, 1.807) is 24.3 Å². The van der Waals surface area contributed by atoms with Crippen LogP contribution in [0, 0.1) is 0 Å². The van der Waals surface area contributed by atoms with Crippen molar-refractivity contribution < 1.29 is 14.7 Å². The number of aliphatic carboxylic acids is 1. The Morgan fingerprint density at radius 1 is 1.39 bits per heavy atom. The van der Waals surface area contributed by atoms with Crippen molar-refractivity contribution in [2.75, 3.05) is 5.32 Å². The third-order valence-electron chi connectivity index (χ3n) is 2.96. The Balaban J connectivity index is 1.96. The molecule has 0 radical (unpaired) electrons. The van der Waals surface area contributed by atoms with Crippen molar-refractivity contribution in [2.24, 2.45) is 0 Å². The lowest BCUT2D eigenvalue weighted by Crippen LogP contribution is -2.37. The first-order valence-corrected chi connectivity index (χ1v) is 5.87. The molecule has 0 aromatic heterocycles. The Hall–Kier alpha value is -2.04. The minimum absolute atomic E-state index is 0.0468. The number of carboxylic acids is 1. The fourth-order valence-corrected chi connectivity index (χ4v) is 1.68. The molecule has 1 aliphatic carbocycles. The summed E-state index contributed by atoms with van der Waals surface area (Å²) in [6.07, 6.45) is 1.95. The fraction of sp³-hybridized carbons (Fsp3) is 0.385. The minimum atomic E-state index is -0.887. The Labute approximate surface area is 105 Å². The van der Waals surface area contributed by atoms with Gasteiger partial charge in [0.2, 0.25) is 0 Å². The molecule has 0 atom stereocenters. The Morgan fingerprint density at radius 3 is 2.72 bits per heavy atom. The van der Waals surface area contributed by atoms with E-state index >= 15 is 0 Å². The standard InChI is InChI=1S/C13H16N2O3/c1-13(5-6-13)15-12(18)14-10-4-2-3-9(7-10)8-11(16)17/h2-4,7H,5-6,8H2,1H3,(H,16,17)(H2,14,15,18). The van der Waals surface area contributed by atoms with E-state index in [0.717, 1.165) is 12.8 Å². The summed E-state index contributed by atoms with van der Waals surface area (Å²) in [4.78, 5) is 22.3. The van der Waals surface area contributed by atoms with E-state index in [0.29, 0.717) is 11.3 Å². The summed E-state index contributed by atoms with van der Waals surface area (Å²) < 4.78 is 0. The number of hydrogen-bond acceptors (Lipinski definition) is 2. The predicted molar refractivity (Wildman–Crippen MR) is 67.6 cm³/mol. The van der Waals surface area contributed by atoms with Gasteiger partial charge in [0.25, 0.3) is 0 Å². The van der Waals surface area contributed by atoms with E-state index in [4.69, 9.17) is 5.11 Å². The lowest BCUT2D eigenvalue weighted by Gasteiger charge is -2.13. The number of rotatable bonds is 4. The molecule has 0 unspecified atom stereocenters. The van der Waals surface area contributed by atoms with E-state index in [2.05, 4.69) is 10.6 Å². The molecule has 0 heterocycles. The molecule has 1 fully saturated rings. The third-order valence-corrected chi connectivity index (χ3v) is 2.96. The van der Waals surface area contributed by atoms with Crippen molar-refractivity contribution in [1.29, 1.82) is 0 Å². The molecule has 0 aliphatic heterocycles. The number of nitrogens with one attached hydrogen (secondary N) is 2. The zero-order chi connectivity index (χ0) is 13.2. The van der Waals surface area contributed by atoms with Gasteiger partial charge in [-0.2, -0.15) is 0 Å². The van der Waals surface area contributed by atoms with Crippen molar-refractivity contribution in [2.45, 2.75) is 31.7 Å². The van der Waals surface area contributed by atoms with Gasteiger partial charge in [-0.15, -0.1) is 0 Å². The van der Waals surface area contributed by atoms with E-state index in [1.807, 2.05) is 6.92 Å². The zero-order valence-electron chi connectivity index (χ0n) is 10.2. The van der Waals surface area contributed by atoms with E-state index in [1.165, 1.54) is 0 Å². The van der Waals surface area contributed by atoms with Crippen LogP contribution in [0.2, 0.25) is 0 Å². The summed E-state index contributed by atoms with van der Waals surface area (Å²) in [7, 11) is 0. The molecule has 5 nitrogen and oxygen atoms in total. The number of carbonyl (C=O) groups excluding carboxylic acids is 1. The van der Waals surface area contributed by atoms with Crippen LogP contribution >= 0.6 is 0 Å². The summed E-state index contributed by atoms with van der Waals surface area (Å²) in [5.41, 5.74) is 1.20. The van der Waals surface area contributed by atoms with Gasteiger partial charge in [-0.05, 0) is 37.5 Å². The van der Waals surface area contributed by atoms with E-state index in [-0.39, 0.29) is 18.0 Å². The van der Waals surface area contributed by atoms with Crippen molar-refractivity contribution >= 4 is 17.7 Å². The van der Waals surface area contributed by atoms with Crippen LogP contribution < -0.4 is 10.6 Å². The smallest absolute Gasteiger partial charge is 0.319 e. The van der Waals surface area contributed by atoms with Gasteiger partial charge in [-0.3, -0.25) is 4.79 Å². The van der Waals surface area contributed by atoms with Gasteiger partial charge in [0.05, 0.1) is 6.42 Å². The van der Waals surface area contributed by atoms with Crippen LogP contribution in [0.3, 0.4) is 0 Å². The van der Waals surface area contributed by atoms with Gasteiger partial charge in [0.1, 0.15) is 0 Å². The maximum Gasteiger partial charge on any atom is 0.319 e. The highest BCUT2D eigenvalue weighted by atomic mass is 16.4. The molecule has 0 spiro atoms. The molecule has 3 N–H and O–H groups in total. The first-order chi connectivity index (χ1) is 8.47. The monoisotopic (exact) mass is 248 g/mol. The van der Waals surface area contributed by atoms with Crippen LogP contribution in [-0.4, -0.2) is 22.6 Å². The first-order valence-electron chi connectivity index (χ1n) is 5.87. The number of carboxylic acid groups (broad SMARTS) is 1. The summed E-state index contributed by atoms with van der Waals surface area (Å²) in [5.74, 6) is -0.887. The predicted octanol–water partition coefficient (Wildman–Crippen LogP) is 1.99. The molecule has 18 heavy (non-hydrogen) atoms. The molecular formula is C13H16N2O3. The number of amides is 2. The third kappa shape index (κ3) is 3.48.